The molecule has 2 N–H and O–H groups in total. The maximum atomic E-state index is 13.3. The molecule has 32 heteroatoms. The van der Waals surface area contributed by atoms with Gasteiger partial charge < -0.3 is 48.2 Å². The number of benzene rings is 2. The van der Waals surface area contributed by atoms with Gasteiger partial charge in [0, 0.05) is 13.1 Å². The van der Waals surface area contributed by atoms with Gasteiger partial charge in [0.15, 0.2) is 11.6 Å². The highest BCUT2D eigenvalue weighted by Crippen LogP contribution is 2.41. The zero-order valence-electron chi connectivity index (χ0n) is 65.8. The lowest BCUT2D eigenvalue weighted by Crippen LogP contribution is -2.48. The third-order valence-corrected chi connectivity index (χ3v) is 19.1. The molecule has 1 saturated heterocycles. The minimum atomic E-state index is -1.81. The fourth-order valence-corrected chi connectivity index (χ4v) is 11.8. The molecule has 110 heavy (non-hydrogen) atoms. The number of Topliss-reactive ketones (excluding diaryl/α,β-unsaturated/α-hetero) is 4. The van der Waals surface area contributed by atoms with Crippen molar-refractivity contribution in [2.75, 3.05) is 52.9 Å². The number of alkyl halides is 10. The molecule has 1 heterocycles. The average molecular weight is 1800 g/mol. The molecule has 0 aliphatic carbocycles. The van der Waals surface area contributed by atoms with E-state index in [4.69, 9.17) is 142 Å². The summed E-state index contributed by atoms with van der Waals surface area (Å²) >= 11 is 52.9. The number of esters is 1. The number of rotatable bonds is 34. The Kier molecular flexibility index (Phi) is 50.8. The second-order valence-electron chi connectivity index (χ2n) is 29.1. The number of likely N-dealkylation sites (tertiary alicyclic amines) is 1. The highest BCUT2D eigenvalue weighted by molar-refractivity contribution is 9.09. The van der Waals surface area contributed by atoms with Crippen molar-refractivity contribution in [2.24, 2.45) is 51.8 Å². The van der Waals surface area contributed by atoms with Crippen LogP contribution in [0.15, 0.2) is 98.6 Å². The van der Waals surface area contributed by atoms with Crippen LogP contribution in [0.4, 0.5) is 14.4 Å². The van der Waals surface area contributed by atoms with Crippen LogP contribution >= 0.6 is 120 Å². The van der Waals surface area contributed by atoms with Gasteiger partial charge in [-0.25, -0.2) is 19.4 Å². The van der Waals surface area contributed by atoms with Crippen molar-refractivity contribution in [3.05, 3.63) is 110 Å². The average Bonchev–Trinajstić information content (AvgIpc) is 1.41. The number of amides is 1. The lowest BCUT2D eigenvalue weighted by atomic mass is 9.73. The fourth-order valence-electron chi connectivity index (χ4n) is 11.3. The molecule has 22 nitrogen and oxygen atoms in total. The van der Waals surface area contributed by atoms with Gasteiger partial charge in [-0.1, -0.05) is 262 Å². The van der Waals surface area contributed by atoms with Crippen molar-refractivity contribution in [1.29, 1.82) is 0 Å². The molecule has 1 amide bonds. The molecule has 1 aliphatic rings. The number of hydrogen-bond acceptors (Lipinski definition) is 21. The Bertz CT molecular complexity index is 3180. The first-order valence-corrected chi connectivity index (χ1v) is 39.3. The highest BCUT2D eigenvalue weighted by Gasteiger charge is 2.48. The number of halogens is 10. The first-order valence-electron chi connectivity index (χ1n) is 34.8. The van der Waals surface area contributed by atoms with Crippen molar-refractivity contribution < 1.29 is 96.2 Å². The molecule has 628 valence electrons. The van der Waals surface area contributed by atoms with Crippen molar-refractivity contribution in [1.82, 2.24) is 9.96 Å². The Labute approximate surface area is 705 Å². The van der Waals surface area contributed by atoms with Gasteiger partial charge in [-0.05, 0) is 130 Å². The van der Waals surface area contributed by atoms with Crippen LogP contribution in [0.1, 0.15) is 168 Å². The van der Waals surface area contributed by atoms with Crippen LogP contribution in [-0.2, 0) is 77.2 Å². The quantitative estimate of drug-likeness (QED) is 0.0125. The van der Waals surface area contributed by atoms with Crippen LogP contribution in [0.5, 0.6) is 0 Å². The van der Waals surface area contributed by atoms with Crippen molar-refractivity contribution >= 4 is 180 Å². The van der Waals surface area contributed by atoms with Crippen LogP contribution in [0.25, 0.3) is 0 Å². The number of hydrogen-bond donors (Lipinski definition) is 2. The molecular formula is C78H116BrCl9N2O20. The maximum absolute atomic E-state index is 13.3. The predicted octanol–water partition coefficient (Wildman–Crippen LogP) is 18.9. The molecule has 0 unspecified atom stereocenters. The monoisotopic (exact) mass is 1790 g/mol. The Morgan fingerprint density at radius 3 is 1.20 bits per heavy atom. The highest BCUT2D eigenvalue weighted by atomic mass is 79.9. The normalized spacial score (nSPS) is 16.1. The van der Waals surface area contributed by atoms with E-state index >= 15 is 0 Å². The van der Waals surface area contributed by atoms with E-state index in [0.29, 0.717) is 30.9 Å². The Hall–Kier alpha value is -4.31. The summed E-state index contributed by atoms with van der Waals surface area (Å²) in [7, 11) is 4.83. The number of ether oxygens (including phenoxy) is 7. The van der Waals surface area contributed by atoms with E-state index < -0.39 is 143 Å². The van der Waals surface area contributed by atoms with E-state index in [2.05, 4.69) is 47.6 Å². The van der Waals surface area contributed by atoms with E-state index in [1.807, 2.05) is 60.7 Å². The number of carbonyl (C=O) groups is 10. The molecule has 2 aromatic rings. The van der Waals surface area contributed by atoms with Crippen molar-refractivity contribution in [3.8, 4) is 0 Å². The molecule has 0 spiro atoms. The van der Waals surface area contributed by atoms with Crippen LogP contribution < -0.4 is 0 Å². The molecule has 0 bridgehead atoms. The van der Waals surface area contributed by atoms with Gasteiger partial charge >= 0.3 is 24.4 Å². The minimum Gasteiger partial charge on any atom is -0.460 e. The lowest BCUT2D eigenvalue weighted by Gasteiger charge is -2.38. The molecule has 0 radical (unpaired) electrons. The largest absolute Gasteiger partial charge is 0.508 e. The molecule has 0 aromatic heterocycles. The summed E-state index contributed by atoms with van der Waals surface area (Å²) in [4.78, 5) is 127. The predicted molar refractivity (Wildman–Crippen MR) is 440 cm³/mol. The molecule has 3 rings (SSSR count). The van der Waals surface area contributed by atoms with Gasteiger partial charge in [0.2, 0.25) is 11.4 Å². The Morgan fingerprint density at radius 1 is 0.600 bits per heavy atom. The van der Waals surface area contributed by atoms with E-state index in [9.17, 15) is 58.2 Å². The summed E-state index contributed by atoms with van der Waals surface area (Å²) in [6.07, 6.45) is 1.59. The second-order valence-corrected chi connectivity index (χ2v) is 37.2. The van der Waals surface area contributed by atoms with Crippen LogP contribution in [0.2, 0.25) is 0 Å². The van der Waals surface area contributed by atoms with E-state index in [-0.39, 0.29) is 49.2 Å². The maximum Gasteiger partial charge on any atom is 0.508 e. The molecular weight excluding hydrogens is 1680 g/mol. The van der Waals surface area contributed by atoms with Crippen molar-refractivity contribution in [3.63, 3.8) is 0 Å². The number of likely N-dealkylation sites (N-methyl/N-ethyl adjacent to an activating group) is 1. The summed E-state index contributed by atoms with van der Waals surface area (Å²) < 4.78 is 30.2. The van der Waals surface area contributed by atoms with Crippen LogP contribution in [0, 0.1) is 51.8 Å². The third kappa shape index (κ3) is 40.3. The van der Waals surface area contributed by atoms with Gasteiger partial charge in [-0.3, -0.25) is 38.5 Å². The fraction of sp³-hybridized carbons (Fsp3) is 0.641. The molecule has 2 aromatic carbocycles. The summed E-state index contributed by atoms with van der Waals surface area (Å²) in [5.74, 6) is -5.31. The summed E-state index contributed by atoms with van der Waals surface area (Å²) in [6, 6.07) is 20.2. The minimum absolute atomic E-state index is 0. The molecule has 0 saturated carbocycles. The van der Waals surface area contributed by atoms with Gasteiger partial charge in [-0.15, -0.1) is 19.7 Å². The Morgan fingerprint density at radius 2 is 0.927 bits per heavy atom. The smallest absolute Gasteiger partial charge is 0.460 e. The molecule has 1 fully saturated rings. The van der Waals surface area contributed by atoms with Crippen LogP contribution in [-0.4, -0.2) is 180 Å². The van der Waals surface area contributed by atoms with Crippen LogP contribution in [0.3, 0.4) is 0 Å². The lowest BCUT2D eigenvalue weighted by molar-refractivity contribution is -0.181. The van der Waals surface area contributed by atoms with Gasteiger partial charge in [0.1, 0.15) is 72.6 Å². The summed E-state index contributed by atoms with van der Waals surface area (Å²) in [5, 5.41) is 23.7. The Balaban J connectivity index is -0.00000137. The first kappa shape index (κ1) is 110. The second kappa shape index (κ2) is 50.9. The van der Waals surface area contributed by atoms with Gasteiger partial charge in [0.25, 0.3) is 5.91 Å². The number of nitrogens with zero attached hydrogens (tertiary/aromatic N) is 2. The number of carbonyl (C=O) groups excluding carboxylic acids is 10. The molecule has 1 aliphatic heterocycles. The topological polar surface area (TPSA) is 291 Å². The third-order valence-electron chi connectivity index (χ3n) is 17.3. The number of hydroxylamine groups is 2. The van der Waals surface area contributed by atoms with E-state index in [1.165, 1.54) is 62.6 Å². The summed E-state index contributed by atoms with van der Waals surface area (Å²) in [6.45, 7) is 36.3. The summed E-state index contributed by atoms with van der Waals surface area (Å²) in [5.41, 5.74) is -3.61. The zero-order chi connectivity index (χ0) is 85.2. The number of ketones is 4. The SMILES string of the molecule is C.C=CC[C@H](C)[C@H](OC(=O)OCC(Cl)(Cl)Cl)[C@@H](C)C(=O)C(C)(C)C(=O)N(C)OC.C=CC[C@H](C)[C@H](OC(=O)OCC(Cl)(Cl)Cl)[C@@H](C)C(=O)C(C)(C)C=O.C=CC[C@H](C)[C@H](OC(=O)OCC(Cl)(Cl)Cl)[C@@H](C)C(=O)C(C)(C)[C@@H](O)CC(=O)OC(C)(C)C.CC(=O)CBr.CN1CCC[C@H]1C(O)(c1ccccc1)c1ccccc1. The zero-order valence-corrected chi connectivity index (χ0v) is 74.1. The van der Waals surface area contributed by atoms with E-state index in [0.717, 1.165) is 35.6 Å². The molecule has 11 atom stereocenters. The number of aldehydes is 1. The number of allylic oxidation sites excluding steroid dienone is 3. The van der Waals surface area contributed by atoms with Gasteiger partial charge in [0.05, 0.1) is 53.5 Å². The van der Waals surface area contributed by atoms with E-state index in [1.54, 1.807) is 80.5 Å². The first-order chi connectivity index (χ1) is 49.8. The van der Waals surface area contributed by atoms with Gasteiger partial charge in [-0.2, -0.15) is 0 Å². The number of aliphatic hydroxyl groups excluding tert-OH is 1. The number of aliphatic hydroxyl groups is 2. The van der Waals surface area contributed by atoms with Crippen molar-refractivity contribution in [2.45, 2.75) is 210 Å². The standard InChI is InChI=1S/C22H35Cl3O7.C18H28Cl3NO6.C18H21NO.C16H23Cl3O5.C3H5BrO.CH4/c1-9-10-13(2)17(31-19(29)30-12-22(23,24)25)14(3)18(28)21(7,8)15(26)11-16(27)32-20(4,5)6;1-8-9-11(2)13(28-16(25)27-10-18(19,20)21)12(3)14(23)17(4,5)15(24)22(6)26-7;1-19-14-8-13-17(19)18(20,15-9-4-2-5-10-15)16-11-6-3-7-12-16;1-6-7-10(2)12(11(3)13(21)15(4,5)8-20)24-14(22)23-9-16(17,18)19;1-3(5)2-4;/h9,13-15,17,26H,1,10-12H2,2-8H3;8,11-13H,1,9-10H2,2-7H3;2-7,9-12,17,20H,8,13-14H2,1H3;6,8,10-12H,1,7,9H2,2-5H3;2H2,1H3;1H4/t13-,14+,15-,17-;11-,12+,13-;17-;10-,11+,12-;;/m0000../s1.